The summed E-state index contributed by atoms with van der Waals surface area (Å²) in [5.41, 5.74) is 0. The van der Waals surface area contributed by atoms with E-state index in [4.69, 9.17) is 17.5 Å². The van der Waals surface area contributed by atoms with E-state index in [-0.39, 0.29) is 51.9 Å². The van der Waals surface area contributed by atoms with Gasteiger partial charge >= 0.3 is 51.9 Å². The zero-order chi connectivity index (χ0) is 4.50. The van der Waals surface area contributed by atoms with Crippen LogP contribution in [-0.2, 0) is 32.8 Å². The standard InChI is InChI=1S/Au.Na.H2O4S/c;;1-5(2,3)4/h;;(H2,1,2,3,4)/q2*+1;/p-2. The van der Waals surface area contributed by atoms with Crippen LogP contribution in [0.2, 0.25) is 0 Å². The Balaban J connectivity index is -0.0000000800. The molecular weight excluding hydrogens is 316 g/mol. The molecular formula is AuNaO4S. The summed E-state index contributed by atoms with van der Waals surface area (Å²) in [6, 6.07) is 0. The average Bonchev–Trinajstić information content (AvgIpc) is 0.722. The summed E-state index contributed by atoms with van der Waals surface area (Å²) in [7, 11) is -5.17. The van der Waals surface area contributed by atoms with Crippen LogP contribution in [0.25, 0.3) is 0 Å². The Bertz CT molecular complexity index is 94.9. The summed E-state index contributed by atoms with van der Waals surface area (Å²) in [4.78, 5) is 0. The molecule has 0 radical (unpaired) electrons. The first-order valence-electron chi connectivity index (χ1n) is 0.667. The molecule has 0 aliphatic heterocycles. The summed E-state index contributed by atoms with van der Waals surface area (Å²) < 4.78 is 34.1. The van der Waals surface area contributed by atoms with Crippen molar-refractivity contribution >= 4 is 10.4 Å². The third-order valence-corrected chi connectivity index (χ3v) is 0. The van der Waals surface area contributed by atoms with Gasteiger partial charge in [0.2, 0.25) is 0 Å². The van der Waals surface area contributed by atoms with Crippen molar-refractivity contribution in [3.63, 3.8) is 0 Å². The van der Waals surface area contributed by atoms with Gasteiger partial charge in [-0.3, -0.25) is 8.42 Å². The van der Waals surface area contributed by atoms with Crippen molar-refractivity contribution < 1.29 is 69.5 Å². The average molecular weight is 316 g/mol. The van der Waals surface area contributed by atoms with Crippen molar-refractivity contribution in [2.24, 2.45) is 0 Å². The molecule has 0 saturated heterocycles. The van der Waals surface area contributed by atoms with Crippen LogP contribution in [0.15, 0.2) is 0 Å². The van der Waals surface area contributed by atoms with Gasteiger partial charge in [-0.25, -0.2) is 0 Å². The van der Waals surface area contributed by atoms with Crippen LogP contribution in [0.1, 0.15) is 0 Å². The van der Waals surface area contributed by atoms with Gasteiger partial charge in [-0.05, 0) is 0 Å². The van der Waals surface area contributed by atoms with Crippen LogP contribution in [0.5, 0.6) is 0 Å². The minimum absolute atomic E-state index is 0. The monoisotopic (exact) mass is 316 g/mol. The predicted octanol–water partition coefficient (Wildman–Crippen LogP) is -4.34. The third-order valence-electron chi connectivity index (χ3n) is 0. The van der Waals surface area contributed by atoms with Gasteiger partial charge in [0.25, 0.3) is 0 Å². The molecule has 7 heavy (non-hydrogen) atoms. The molecule has 4 nitrogen and oxygen atoms in total. The molecule has 0 saturated carbocycles. The smallest absolute Gasteiger partial charge is 0.759 e. The van der Waals surface area contributed by atoms with Gasteiger partial charge in [0, 0.05) is 10.4 Å². The molecule has 0 heterocycles. The molecule has 0 aliphatic carbocycles. The van der Waals surface area contributed by atoms with Crippen molar-refractivity contribution in [1.82, 2.24) is 0 Å². The van der Waals surface area contributed by atoms with Crippen LogP contribution in [0.3, 0.4) is 0 Å². The molecule has 0 aromatic carbocycles. The third kappa shape index (κ3) is 92.4. The van der Waals surface area contributed by atoms with E-state index in [0.29, 0.717) is 0 Å². The maximum absolute atomic E-state index is 8.52. The van der Waals surface area contributed by atoms with Crippen LogP contribution in [0, 0.1) is 0 Å². The van der Waals surface area contributed by atoms with Gasteiger partial charge in [0.15, 0.2) is 0 Å². The first kappa shape index (κ1) is 15.8. The molecule has 0 atom stereocenters. The van der Waals surface area contributed by atoms with E-state index in [1.807, 2.05) is 0 Å². The van der Waals surface area contributed by atoms with E-state index in [1.54, 1.807) is 0 Å². The molecule has 0 aromatic heterocycles. The second-order valence-electron chi connectivity index (χ2n) is 0.408. The minimum atomic E-state index is -5.17. The second-order valence-corrected chi connectivity index (χ2v) is 1.22. The summed E-state index contributed by atoms with van der Waals surface area (Å²) in [6.45, 7) is 0. The molecule has 0 aliphatic rings. The quantitative estimate of drug-likeness (QED) is 0.257. The SMILES string of the molecule is O=S(=O)([O-])[O-].[Au+].[Na+]. The Hall–Kier alpha value is 1.61. The van der Waals surface area contributed by atoms with Gasteiger partial charge in [-0.2, -0.15) is 0 Å². The molecule has 0 N–H and O–H groups in total. The maximum atomic E-state index is 8.52. The molecule has 0 aromatic rings. The molecule has 0 spiro atoms. The normalized spacial score (nSPS) is 8.29. The fraction of sp³-hybridized carbons (Fsp3) is 0. The fourth-order valence-electron chi connectivity index (χ4n) is 0. The Kier molecular flexibility index (Phi) is 13.0. The van der Waals surface area contributed by atoms with Crippen molar-refractivity contribution in [2.75, 3.05) is 0 Å². The van der Waals surface area contributed by atoms with Crippen LogP contribution in [-0.4, -0.2) is 17.5 Å². The summed E-state index contributed by atoms with van der Waals surface area (Å²) >= 11 is 0. The van der Waals surface area contributed by atoms with Crippen molar-refractivity contribution in [3.05, 3.63) is 0 Å². The topological polar surface area (TPSA) is 80.3 Å². The van der Waals surface area contributed by atoms with E-state index in [1.165, 1.54) is 0 Å². The Morgan fingerprint density at radius 2 is 1.14 bits per heavy atom. The zero-order valence-corrected chi connectivity index (χ0v) is 8.33. The molecule has 0 amide bonds. The Morgan fingerprint density at radius 3 is 1.14 bits per heavy atom. The first-order chi connectivity index (χ1) is 2.00. The Morgan fingerprint density at radius 1 is 1.14 bits per heavy atom. The second kappa shape index (κ2) is 5.74. The van der Waals surface area contributed by atoms with Gasteiger partial charge in [0.05, 0.1) is 0 Å². The van der Waals surface area contributed by atoms with E-state index < -0.39 is 10.4 Å². The molecule has 0 unspecified atom stereocenters. The van der Waals surface area contributed by atoms with Gasteiger partial charge in [-0.15, -0.1) is 0 Å². The van der Waals surface area contributed by atoms with Gasteiger partial charge in [0.1, 0.15) is 0 Å². The van der Waals surface area contributed by atoms with Gasteiger partial charge < -0.3 is 9.11 Å². The van der Waals surface area contributed by atoms with Crippen molar-refractivity contribution in [2.45, 2.75) is 0 Å². The molecule has 7 heteroatoms. The van der Waals surface area contributed by atoms with Crippen molar-refractivity contribution in [3.8, 4) is 0 Å². The molecule has 0 fully saturated rings. The number of hydrogen-bond donors (Lipinski definition) is 0. The minimum Gasteiger partial charge on any atom is -0.759 e. The number of hydrogen-bond acceptors (Lipinski definition) is 4. The largest absolute Gasteiger partial charge is 1.00 e. The van der Waals surface area contributed by atoms with Crippen LogP contribution in [0.4, 0.5) is 0 Å². The van der Waals surface area contributed by atoms with E-state index in [0.717, 1.165) is 0 Å². The summed E-state index contributed by atoms with van der Waals surface area (Å²) in [6.07, 6.45) is 0. The zero-order valence-electron chi connectivity index (χ0n) is 3.34. The van der Waals surface area contributed by atoms with Crippen molar-refractivity contribution in [1.29, 1.82) is 0 Å². The molecule has 0 bridgehead atoms. The fourth-order valence-corrected chi connectivity index (χ4v) is 0. The van der Waals surface area contributed by atoms with E-state index >= 15 is 0 Å². The van der Waals surface area contributed by atoms with Crippen LogP contribution >= 0.6 is 0 Å². The summed E-state index contributed by atoms with van der Waals surface area (Å²) in [5.74, 6) is 0. The summed E-state index contributed by atoms with van der Waals surface area (Å²) in [5, 5.41) is 0. The Labute approximate surface area is 79.1 Å². The van der Waals surface area contributed by atoms with E-state index in [9.17, 15) is 0 Å². The van der Waals surface area contributed by atoms with Crippen LogP contribution < -0.4 is 29.6 Å². The predicted molar refractivity (Wildman–Crippen MR) is 10.5 cm³/mol. The first-order valence-corrected chi connectivity index (χ1v) is 2.00. The molecule has 0 rings (SSSR count). The van der Waals surface area contributed by atoms with Gasteiger partial charge in [-0.1, -0.05) is 0 Å². The maximum Gasteiger partial charge on any atom is 1.00 e. The molecule has 42 valence electrons. The number of rotatable bonds is 0. The van der Waals surface area contributed by atoms with E-state index in [2.05, 4.69) is 0 Å².